The van der Waals surface area contributed by atoms with E-state index in [0.29, 0.717) is 18.0 Å². The van der Waals surface area contributed by atoms with Gasteiger partial charge in [-0.3, -0.25) is 4.79 Å². The van der Waals surface area contributed by atoms with Gasteiger partial charge in [-0.1, -0.05) is 29.8 Å². The summed E-state index contributed by atoms with van der Waals surface area (Å²) in [6.07, 6.45) is 1.53. The average Bonchev–Trinajstić information content (AvgIpc) is 2.94. The number of benzene rings is 1. The number of aromatic nitrogens is 2. The molecule has 1 saturated heterocycles. The first kappa shape index (κ1) is 12.9. The third-order valence-electron chi connectivity index (χ3n) is 3.49. The number of ether oxygens (including phenoxy) is 1. The standard InChI is InChI=1S/C15H16N2O3/c1-9-4-6-10(7-5-9)12-14(18)16-13(17-15(12)19)11-3-2-8-20-11/h4-7,11H,2-3,8H2,1H3,(H2,16,17,18,19). The van der Waals surface area contributed by atoms with E-state index in [2.05, 4.69) is 9.97 Å². The zero-order valence-corrected chi connectivity index (χ0v) is 11.2. The van der Waals surface area contributed by atoms with Crippen LogP contribution in [0.2, 0.25) is 0 Å². The summed E-state index contributed by atoms with van der Waals surface area (Å²) in [4.78, 5) is 19.0. The second-order valence-electron chi connectivity index (χ2n) is 5.02. The normalized spacial score (nSPS) is 18.4. The van der Waals surface area contributed by atoms with Gasteiger partial charge in [0, 0.05) is 6.61 Å². The van der Waals surface area contributed by atoms with Crippen LogP contribution in [0, 0.1) is 6.92 Å². The molecular formula is C15H16N2O3. The van der Waals surface area contributed by atoms with Crippen molar-refractivity contribution in [1.29, 1.82) is 0 Å². The van der Waals surface area contributed by atoms with Crippen molar-refractivity contribution in [2.45, 2.75) is 25.9 Å². The Kier molecular flexibility index (Phi) is 3.28. The van der Waals surface area contributed by atoms with E-state index >= 15 is 0 Å². The Labute approximate surface area is 116 Å². The lowest BCUT2D eigenvalue weighted by molar-refractivity contribution is 0.104. The fraction of sp³-hybridized carbons (Fsp3) is 0.333. The minimum Gasteiger partial charge on any atom is -0.493 e. The highest BCUT2D eigenvalue weighted by molar-refractivity contribution is 5.67. The van der Waals surface area contributed by atoms with Gasteiger partial charge < -0.3 is 14.8 Å². The van der Waals surface area contributed by atoms with Crippen LogP contribution in [0.4, 0.5) is 0 Å². The van der Waals surface area contributed by atoms with Crippen molar-refractivity contribution in [2.75, 3.05) is 6.61 Å². The van der Waals surface area contributed by atoms with Crippen LogP contribution in [0.25, 0.3) is 11.1 Å². The molecule has 1 fully saturated rings. The average molecular weight is 272 g/mol. The Bertz CT molecular complexity index is 671. The van der Waals surface area contributed by atoms with Gasteiger partial charge in [0.2, 0.25) is 5.88 Å². The Morgan fingerprint density at radius 1 is 1.35 bits per heavy atom. The van der Waals surface area contributed by atoms with E-state index in [1.54, 1.807) is 12.1 Å². The molecule has 20 heavy (non-hydrogen) atoms. The van der Waals surface area contributed by atoms with Crippen molar-refractivity contribution in [2.24, 2.45) is 0 Å². The number of hydrogen-bond donors (Lipinski definition) is 2. The zero-order valence-electron chi connectivity index (χ0n) is 11.2. The topological polar surface area (TPSA) is 75.2 Å². The molecule has 1 aliphatic rings. The zero-order chi connectivity index (χ0) is 14.1. The first-order valence-corrected chi connectivity index (χ1v) is 6.67. The summed E-state index contributed by atoms with van der Waals surface area (Å²) >= 11 is 0. The molecule has 2 aromatic rings. The molecule has 3 rings (SSSR count). The van der Waals surface area contributed by atoms with Gasteiger partial charge in [0.25, 0.3) is 5.56 Å². The second kappa shape index (κ2) is 5.09. The smallest absolute Gasteiger partial charge is 0.262 e. The van der Waals surface area contributed by atoms with Crippen LogP contribution < -0.4 is 5.56 Å². The van der Waals surface area contributed by atoms with Gasteiger partial charge in [-0.2, -0.15) is 4.98 Å². The lowest BCUT2D eigenvalue weighted by atomic mass is 10.1. The molecule has 0 aliphatic carbocycles. The molecule has 104 valence electrons. The molecule has 0 spiro atoms. The van der Waals surface area contributed by atoms with Gasteiger partial charge in [-0.05, 0) is 25.3 Å². The molecule has 2 heterocycles. The van der Waals surface area contributed by atoms with Crippen molar-refractivity contribution < 1.29 is 9.84 Å². The first-order chi connectivity index (χ1) is 9.65. The van der Waals surface area contributed by atoms with Gasteiger partial charge in [0.15, 0.2) is 0 Å². The van der Waals surface area contributed by atoms with Crippen molar-refractivity contribution in [3.8, 4) is 17.0 Å². The molecule has 0 saturated carbocycles. The lowest BCUT2D eigenvalue weighted by Crippen LogP contribution is -2.16. The number of rotatable bonds is 2. The van der Waals surface area contributed by atoms with Crippen molar-refractivity contribution in [3.05, 3.63) is 46.0 Å². The molecule has 5 nitrogen and oxygen atoms in total. The number of aromatic hydroxyl groups is 1. The van der Waals surface area contributed by atoms with E-state index in [9.17, 15) is 9.90 Å². The fourth-order valence-corrected chi connectivity index (χ4v) is 2.40. The number of aryl methyl sites for hydroxylation is 1. The summed E-state index contributed by atoms with van der Waals surface area (Å²) < 4.78 is 5.47. The van der Waals surface area contributed by atoms with E-state index in [1.807, 2.05) is 19.1 Å². The summed E-state index contributed by atoms with van der Waals surface area (Å²) in [7, 11) is 0. The predicted molar refractivity (Wildman–Crippen MR) is 74.6 cm³/mol. The third kappa shape index (κ3) is 2.32. The van der Waals surface area contributed by atoms with Gasteiger partial charge in [-0.15, -0.1) is 0 Å². The number of hydrogen-bond acceptors (Lipinski definition) is 4. The third-order valence-corrected chi connectivity index (χ3v) is 3.49. The molecule has 1 aliphatic heterocycles. The summed E-state index contributed by atoms with van der Waals surface area (Å²) in [6.45, 7) is 2.63. The highest BCUT2D eigenvalue weighted by Gasteiger charge is 2.22. The molecule has 2 N–H and O–H groups in total. The summed E-state index contributed by atoms with van der Waals surface area (Å²) in [5.41, 5.74) is 1.60. The van der Waals surface area contributed by atoms with E-state index in [4.69, 9.17) is 4.74 Å². The van der Waals surface area contributed by atoms with Crippen LogP contribution in [0.1, 0.15) is 30.3 Å². The van der Waals surface area contributed by atoms with Crippen LogP contribution in [0.3, 0.4) is 0 Å². The Balaban J connectivity index is 2.04. The molecule has 0 bridgehead atoms. The Hall–Kier alpha value is -2.14. The quantitative estimate of drug-likeness (QED) is 0.879. The first-order valence-electron chi connectivity index (χ1n) is 6.67. The molecule has 5 heteroatoms. The molecule has 1 unspecified atom stereocenters. The van der Waals surface area contributed by atoms with Gasteiger partial charge in [-0.25, -0.2) is 0 Å². The minimum absolute atomic E-state index is 0.201. The molecular weight excluding hydrogens is 256 g/mol. The largest absolute Gasteiger partial charge is 0.493 e. The molecule has 0 amide bonds. The highest BCUT2D eigenvalue weighted by atomic mass is 16.5. The van der Waals surface area contributed by atoms with E-state index in [0.717, 1.165) is 18.4 Å². The summed E-state index contributed by atoms with van der Waals surface area (Å²) in [5, 5.41) is 10.1. The maximum absolute atomic E-state index is 12.2. The van der Waals surface area contributed by atoms with Crippen molar-refractivity contribution in [1.82, 2.24) is 9.97 Å². The van der Waals surface area contributed by atoms with Crippen LogP contribution in [0.15, 0.2) is 29.1 Å². The molecule has 0 radical (unpaired) electrons. The van der Waals surface area contributed by atoms with Crippen LogP contribution in [-0.2, 0) is 4.74 Å². The number of H-pyrrole nitrogens is 1. The molecule has 1 aromatic heterocycles. The summed E-state index contributed by atoms with van der Waals surface area (Å²) in [6, 6.07) is 7.38. The highest BCUT2D eigenvalue weighted by Crippen LogP contribution is 2.29. The monoisotopic (exact) mass is 272 g/mol. The number of nitrogens with one attached hydrogen (secondary N) is 1. The van der Waals surface area contributed by atoms with Crippen molar-refractivity contribution >= 4 is 0 Å². The predicted octanol–water partition coefficient (Wildman–Crippen LogP) is 2.30. The summed E-state index contributed by atoms with van der Waals surface area (Å²) in [5.74, 6) is 0.156. The fourth-order valence-electron chi connectivity index (χ4n) is 2.40. The number of nitrogens with zero attached hydrogens (tertiary/aromatic N) is 1. The molecule has 1 aromatic carbocycles. The maximum atomic E-state index is 12.2. The van der Waals surface area contributed by atoms with E-state index < -0.39 is 0 Å². The van der Waals surface area contributed by atoms with E-state index in [-0.39, 0.29) is 23.1 Å². The Morgan fingerprint density at radius 2 is 2.10 bits per heavy atom. The van der Waals surface area contributed by atoms with Crippen LogP contribution in [-0.4, -0.2) is 21.7 Å². The van der Waals surface area contributed by atoms with Crippen LogP contribution in [0.5, 0.6) is 5.88 Å². The van der Waals surface area contributed by atoms with E-state index in [1.165, 1.54) is 0 Å². The van der Waals surface area contributed by atoms with Gasteiger partial charge >= 0.3 is 0 Å². The van der Waals surface area contributed by atoms with Gasteiger partial charge in [0.05, 0.1) is 0 Å². The Morgan fingerprint density at radius 3 is 2.70 bits per heavy atom. The molecule has 1 atom stereocenters. The maximum Gasteiger partial charge on any atom is 0.262 e. The minimum atomic E-state index is -0.341. The van der Waals surface area contributed by atoms with Crippen LogP contribution >= 0.6 is 0 Å². The van der Waals surface area contributed by atoms with Crippen molar-refractivity contribution in [3.63, 3.8) is 0 Å². The number of aromatic amines is 1. The second-order valence-corrected chi connectivity index (χ2v) is 5.02. The lowest BCUT2D eigenvalue weighted by Gasteiger charge is -2.10. The van der Waals surface area contributed by atoms with Gasteiger partial charge in [0.1, 0.15) is 17.5 Å². The SMILES string of the molecule is Cc1ccc(-c2c(O)nc(C3CCCO3)[nH]c2=O)cc1.